The molecule has 0 spiro atoms. The van der Waals surface area contributed by atoms with Crippen LogP contribution >= 0.6 is 11.6 Å². The second-order valence-electron chi connectivity index (χ2n) is 6.32. The molecule has 1 N–H and O–H groups in total. The molecule has 1 aromatic carbocycles. The molecule has 0 radical (unpaired) electrons. The van der Waals surface area contributed by atoms with Gasteiger partial charge in [0.25, 0.3) is 0 Å². The van der Waals surface area contributed by atoms with Crippen molar-refractivity contribution in [1.29, 1.82) is 0 Å². The van der Waals surface area contributed by atoms with Crippen LogP contribution in [0.15, 0.2) is 18.2 Å². The maximum absolute atomic E-state index is 9.74. The van der Waals surface area contributed by atoms with Crippen molar-refractivity contribution < 1.29 is 14.6 Å². The first-order valence-electron chi connectivity index (χ1n) is 8.15. The fourth-order valence-corrected chi connectivity index (χ4v) is 3.42. The Labute approximate surface area is 145 Å². The molecule has 6 nitrogen and oxygen atoms in total. The lowest BCUT2D eigenvalue weighted by Crippen LogP contribution is -2.23. The van der Waals surface area contributed by atoms with Gasteiger partial charge in [-0.25, -0.2) is 0 Å². The molecule has 0 fully saturated rings. The standard InChI is InChI=1S/C17H20ClN3O3/c1-11(22)15-6-13-9-20(3-2-4-21(13)19-15)8-12-5-16-17(7-14(12)18)24-10-23-16/h5-7,11,22H,2-4,8-10H2,1H3. The average molecular weight is 350 g/mol. The molecule has 3 heterocycles. The van der Waals surface area contributed by atoms with E-state index in [9.17, 15) is 5.11 Å². The van der Waals surface area contributed by atoms with Crippen molar-refractivity contribution in [3.8, 4) is 11.5 Å². The van der Waals surface area contributed by atoms with Crippen molar-refractivity contribution in [2.75, 3.05) is 13.3 Å². The van der Waals surface area contributed by atoms with Gasteiger partial charge in [0.2, 0.25) is 6.79 Å². The van der Waals surface area contributed by atoms with Crippen molar-refractivity contribution in [3.05, 3.63) is 40.2 Å². The molecule has 7 heteroatoms. The SMILES string of the molecule is CC(O)c1cc2n(n1)CCCN(Cc1cc3c(cc1Cl)OCO3)C2. The largest absolute Gasteiger partial charge is 0.454 e. The highest BCUT2D eigenvalue weighted by molar-refractivity contribution is 6.31. The van der Waals surface area contributed by atoms with Crippen LogP contribution in [0.1, 0.15) is 36.4 Å². The van der Waals surface area contributed by atoms with Gasteiger partial charge in [0.1, 0.15) is 0 Å². The summed E-state index contributed by atoms with van der Waals surface area (Å²) >= 11 is 6.40. The maximum atomic E-state index is 9.74. The molecular weight excluding hydrogens is 330 g/mol. The van der Waals surface area contributed by atoms with Gasteiger partial charge >= 0.3 is 0 Å². The lowest BCUT2D eigenvalue weighted by Gasteiger charge is -2.20. The first-order valence-corrected chi connectivity index (χ1v) is 8.53. The van der Waals surface area contributed by atoms with Crippen molar-refractivity contribution in [3.63, 3.8) is 0 Å². The Kier molecular flexibility index (Phi) is 4.12. The van der Waals surface area contributed by atoms with E-state index in [0.717, 1.165) is 55.3 Å². The zero-order chi connectivity index (χ0) is 16.7. The molecule has 1 atom stereocenters. The summed E-state index contributed by atoms with van der Waals surface area (Å²) in [6.45, 7) is 5.35. The van der Waals surface area contributed by atoms with Gasteiger partial charge in [-0.05, 0) is 31.0 Å². The minimum absolute atomic E-state index is 0.250. The zero-order valence-electron chi connectivity index (χ0n) is 13.5. The summed E-state index contributed by atoms with van der Waals surface area (Å²) < 4.78 is 12.8. The monoisotopic (exact) mass is 349 g/mol. The van der Waals surface area contributed by atoms with E-state index in [0.29, 0.717) is 10.8 Å². The van der Waals surface area contributed by atoms with E-state index in [1.165, 1.54) is 0 Å². The molecule has 128 valence electrons. The first-order chi connectivity index (χ1) is 11.6. The normalized spacial score (nSPS) is 18.3. The smallest absolute Gasteiger partial charge is 0.231 e. The third kappa shape index (κ3) is 2.97. The molecule has 24 heavy (non-hydrogen) atoms. The Bertz CT molecular complexity index is 760. The van der Waals surface area contributed by atoms with Crippen LogP contribution in [-0.2, 0) is 19.6 Å². The summed E-state index contributed by atoms with van der Waals surface area (Å²) in [5.41, 5.74) is 2.89. The van der Waals surface area contributed by atoms with Crippen molar-refractivity contribution >= 4 is 11.6 Å². The predicted molar refractivity (Wildman–Crippen MR) is 89.2 cm³/mol. The number of fused-ring (bicyclic) bond motifs is 2. The number of hydrogen-bond acceptors (Lipinski definition) is 5. The van der Waals surface area contributed by atoms with Gasteiger partial charge in [0, 0.05) is 37.3 Å². The van der Waals surface area contributed by atoms with Crippen LogP contribution in [0.4, 0.5) is 0 Å². The third-order valence-electron chi connectivity index (χ3n) is 4.48. The summed E-state index contributed by atoms with van der Waals surface area (Å²) in [5.74, 6) is 1.46. The zero-order valence-corrected chi connectivity index (χ0v) is 14.3. The maximum Gasteiger partial charge on any atom is 0.231 e. The third-order valence-corrected chi connectivity index (χ3v) is 4.83. The van der Waals surface area contributed by atoms with E-state index in [2.05, 4.69) is 10.00 Å². The number of nitrogens with zero attached hydrogens (tertiary/aromatic N) is 3. The number of aromatic nitrogens is 2. The van der Waals surface area contributed by atoms with Gasteiger partial charge in [-0.3, -0.25) is 9.58 Å². The molecule has 0 saturated carbocycles. The Morgan fingerprint density at radius 2 is 2.04 bits per heavy atom. The molecule has 4 rings (SSSR count). The topological polar surface area (TPSA) is 59.8 Å². The highest BCUT2D eigenvalue weighted by Gasteiger charge is 2.21. The molecule has 1 unspecified atom stereocenters. The van der Waals surface area contributed by atoms with E-state index < -0.39 is 6.10 Å². The Hall–Kier alpha value is -1.76. The second-order valence-corrected chi connectivity index (χ2v) is 6.73. The number of rotatable bonds is 3. The Balaban J connectivity index is 1.54. The summed E-state index contributed by atoms with van der Waals surface area (Å²) in [4.78, 5) is 2.34. The summed E-state index contributed by atoms with van der Waals surface area (Å²) in [5, 5.41) is 14.9. The van der Waals surface area contributed by atoms with Crippen molar-refractivity contribution in [1.82, 2.24) is 14.7 Å². The lowest BCUT2D eigenvalue weighted by atomic mass is 10.1. The predicted octanol–water partition coefficient (Wildman–Crippen LogP) is 2.72. The van der Waals surface area contributed by atoms with E-state index in [4.69, 9.17) is 21.1 Å². The highest BCUT2D eigenvalue weighted by atomic mass is 35.5. The number of benzene rings is 1. The highest BCUT2D eigenvalue weighted by Crippen LogP contribution is 2.37. The Morgan fingerprint density at radius 1 is 1.25 bits per heavy atom. The van der Waals surface area contributed by atoms with E-state index in [1.807, 2.05) is 22.9 Å². The van der Waals surface area contributed by atoms with E-state index >= 15 is 0 Å². The molecule has 2 aliphatic heterocycles. The number of aliphatic hydroxyl groups excluding tert-OH is 1. The summed E-state index contributed by atoms with van der Waals surface area (Å²) in [6.07, 6.45) is 0.469. The summed E-state index contributed by atoms with van der Waals surface area (Å²) in [6, 6.07) is 5.78. The van der Waals surface area contributed by atoms with Crippen molar-refractivity contribution in [2.24, 2.45) is 0 Å². The van der Waals surface area contributed by atoms with Crippen LogP contribution in [0.2, 0.25) is 5.02 Å². The molecule has 0 saturated heterocycles. The number of aliphatic hydroxyl groups is 1. The van der Waals surface area contributed by atoms with Crippen LogP contribution in [-0.4, -0.2) is 33.1 Å². The minimum Gasteiger partial charge on any atom is -0.454 e. The molecule has 0 bridgehead atoms. The van der Waals surface area contributed by atoms with Crippen LogP contribution < -0.4 is 9.47 Å². The lowest BCUT2D eigenvalue weighted by molar-refractivity contribution is 0.174. The van der Waals surface area contributed by atoms with Crippen LogP contribution in [0.5, 0.6) is 11.5 Å². The van der Waals surface area contributed by atoms with Gasteiger partial charge in [-0.1, -0.05) is 11.6 Å². The quantitative estimate of drug-likeness (QED) is 0.923. The first kappa shape index (κ1) is 15.7. The van der Waals surface area contributed by atoms with E-state index in [1.54, 1.807) is 6.92 Å². The Morgan fingerprint density at radius 3 is 2.83 bits per heavy atom. The van der Waals surface area contributed by atoms with Gasteiger partial charge in [0.05, 0.1) is 17.5 Å². The van der Waals surface area contributed by atoms with Gasteiger partial charge in [-0.2, -0.15) is 5.10 Å². The van der Waals surface area contributed by atoms with Gasteiger partial charge < -0.3 is 14.6 Å². The average Bonchev–Trinajstić information content (AvgIpc) is 3.10. The second kappa shape index (κ2) is 6.27. The van der Waals surface area contributed by atoms with E-state index in [-0.39, 0.29) is 6.79 Å². The molecule has 2 aliphatic rings. The molecule has 0 amide bonds. The minimum atomic E-state index is -0.541. The molecule has 2 aromatic rings. The molecular formula is C17H20ClN3O3. The number of aryl methyl sites for hydroxylation is 1. The number of hydrogen-bond donors (Lipinski definition) is 1. The molecule has 1 aromatic heterocycles. The fraction of sp³-hybridized carbons (Fsp3) is 0.471. The van der Waals surface area contributed by atoms with Crippen molar-refractivity contribution in [2.45, 2.75) is 39.1 Å². The van der Waals surface area contributed by atoms with Crippen LogP contribution in [0.3, 0.4) is 0 Å². The van der Waals surface area contributed by atoms with Crippen LogP contribution in [0, 0.1) is 0 Å². The summed E-state index contributed by atoms with van der Waals surface area (Å²) in [7, 11) is 0. The van der Waals surface area contributed by atoms with Gasteiger partial charge in [0.15, 0.2) is 11.5 Å². The number of ether oxygens (including phenoxy) is 2. The molecule has 0 aliphatic carbocycles. The fourth-order valence-electron chi connectivity index (χ4n) is 3.21. The van der Waals surface area contributed by atoms with Crippen LogP contribution in [0.25, 0.3) is 0 Å². The number of halogens is 1. The van der Waals surface area contributed by atoms with Gasteiger partial charge in [-0.15, -0.1) is 0 Å².